The second-order valence-electron chi connectivity index (χ2n) is 3.82. The fraction of sp³-hybridized carbons (Fsp3) is 0.308. The Labute approximate surface area is 105 Å². The van der Waals surface area contributed by atoms with E-state index in [9.17, 15) is 0 Å². The summed E-state index contributed by atoms with van der Waals surface area (Å²) in [4.78, 5) is 6.89. The molecule has 0 aliphatic heterocycles. The molecule has 0 bridgehead atoms. The van der Waals surface area contributed by atoms with Crippen molar-refractivity contribution in [1.29, 1.82) is 0 Å². The first-order chi connectivity index (χ1) is 8.28. The Hall–Kier alpha value is -1.39. The second kappa shape index (κ2) is 5.80. The number of nitrogens with one attached hydrogen (secondary N) is 1. The summed E-state index contributed by atoms with van der Waals surface area (Å²) in [6.45, 7) is 3.86. The van der Waals surface area contributed by atoms with Gasteiger partial charge in [0.25, 0.3) is 0 Å². The lowest BCUT2D eigenvalue weighted by Gasteiger charge is -2.04. The molecule has 2 heterocycles. The molecule has 2 rings (SSSR count). The summed E-state index contributed by atoms with van der Waals surface area (Å²) in [6.07, 6.45) is 1.84. The number of aromatic nitrogens is 1. The number of ether oxygens (including phenoxy) is 1. The van der Waals surface area contributed by atoms with Gasteiger partial charge < -0.3 is 10.1 Å². The average molecular weight is 248 g/mol. The zero-order valence-corrected chi connectivity index (χ0v) is 10.9. The predicted octanol–water partition coefficient (Wildman–Crippen LogP) is 2.75. The van der Waals surface area contributed by atoms with E-state index in [1.165, 1.54) is 15.3 Å². The Morgan fingerprint density at radius 2 is 2.12 bits per heavy atom. The highest BCUT2D eigenvalue weighted by Gasteiger charge is 1.98. The number of thiophene rings is 1. The Morgan fingerprint density at radius 3 is 2.71 bits per heavy atom. The second-order valence-corrected chi connectivity index (χ2v) is 5.20. The van der Waals surface area contributed by atoms with E-state index >= 15 is 0 Å². The molecule has 4 heteroatoms. The molecule has 0 radical (unpaired) electrons. The van der Waals surface area contributed by atoms with Crippen molar-refractivity contribution in [1.82, 2.24) is 10.3 Å². The maximum absolute atomic E-state index is 5.02. The summed E-state index contributed by atoms with van der Waals surface area (Å²) in [5.74, 6) is 0.655. The molecule has 0 spiro atoms. The molecule has 1 N–H and O–H groups in total. The summed E-state index contributed by atoms with van der Waals surface area (Å²) in [5, 5.41) is 3.40. The topological polar surface area (TPSA) is 34.1 Å². The first kappa shape index (κ1) is 12.1. The third-order valence-electron chi connectivity index (χ3n) is 2.43. The minimum absolute atomic E-state index is 0.655. The average Bonchev–Trinajstić information content (AvgIpc) is 2.76. The molecule has 0 fully saturated rings. The van der Waals surface area contributed by atoms with Crippen molar-refractivity contribution in [3.05, 3.63) is 45.8 Å². The van der Waals surface area contributed by atoms with E-state index in [1.807, 2.05) is 29.7 Å². The van der Waals surface area contributed by atoms with Crippen molar-refractivity contribution in [3.8, 4) is 5.88 Å². The molecule has 0 amide bonds. The Bertz CT molecular complexity index is 465. The Balaban J connectivity index is 1.81. The molecule has 2 aromatic rings. The molecular formula is C13H16N2OS. The zero-order chi connectivity index (χ0) is 12.1. The molecule has 0 atom stereocenters. The number of aryl methyl sites for hydroxylation is 1. The van der Waals surface area contributed by atoms with Crippen molar-refractivity contribution in [2.24, 2.45) is 0 Å². The quantitative estimate of drug-likeness (QED) is 0.883. The van der Waals surface area contributed by atoms with E-state index in [0.29, 0.717) is 5.88 Å². The highest BCUT2D eigenvalue weighted by atomic mass is 32.1. The standard InChI is InChI=1S/C13H16N2OS/c1-10-3-5-12(17-10)9-14-7-11-4-6-13(16-2)15-8-11/h3-6,8,14H,7,9H2,1-2H3. The molecule has 0 unspecified atom stereocenters. The largest absolute Gasteiger partial charge is 0.481 e. The van der Waals surface area contributed by atoms with E-state index in [1.54, 1.807) is 7.11 Å². The van der Waals surface area contributed by atoms with Crippen LogP contribution >= 0.6 is 11.3 Å². The predicted molar refractivity (Wildman–Crippen MR) is 70.4 cm³/mol. The highest BCUT2D eigenvalue weighted by molar-refractivity contribution is 7.11. The minimum atomic E-state index is 0.655. The summed E-state index contributed by atoms with van der Waals surface area (Å²) in [5.41, 5.74) is 1.17. The normalized spacial score (nSPS) is 10.5. The third kappa shape index (κ3) is 3.54. The van der Waals surface area contributed by atoms with Crippen LogP contribution in [0.1, 0.15) is 15.3 Å². The van der Waals surface area contributed by atoms with E-state index in [4.69, 9.17) is 4.74 Å². The molecule has 3 nitrogen and oxygen atoms in total. The van der Waals surface area contributed by atoms with Crippen LogP contribution in [0.2, 0.25) is 0 Å². The van der Waals surface area contributed by atoms with E-state index in [0.717, 1.165) is 13.1 Å². The van der Waals surface area contributed by atoms with Gasteiger partial charge >= 0.3 is 0 Å². The fourth-order valence-corrected chi connectivity index (χ4v) is 2.41. The molecule has 0 aromatic carbocycles. The number of hydrogen-bond donors (Lipinski definition) is 1. The third-order valence-corrected chi connectivity index (χ3v) is 3.43. The van der Waals surface area contributed by atoms with Crippen LogP contribution in [0, 0.1) is 6.92 Å². The van der Waals surface area contributed by atoms with Gasteiger partial charge in [-0.25, -0.2) is 4.98 Å². The molecular weight excluding hydrogens is 232 g/mol. The molecule has 90 valence electrons. The summed E-state index contributed by atoms with van der Waals surface area (Å²) >= 11 is 1.83. The molecule has 0 saturated carbocycles. The van der Waals surface area contributed by atoms with Gasteiger partial charge in [0, 0.05) is 35.1 Å². The van der Waals surface area contributed by atoms with Crippen LogP contribution in [0.4, 0.5) is 0 Å². The van der Waals surface area contributed by atoms with Crippen molar-refractivity contribution in [2.75, 3.05) is 7.11 Å². The smallest absolute Gasteiger partial charge is 0.212 e. The first-order valence-corrected chi connectivity index (χ1v) is 6.34. The van der Waals surface area contributed by atoms with Crippen LogP contribution < -0.4 is 10.1 Å². The molecule has 0 saturated heterocycles. The lowest BCUT2D eigenvalue weighted by molar-refractivity contribution is 0.397. The summed E-state index contributed by atoms with van der Waals surface area (Å²) in [7, 11) is 1.62. The van der Waals surface area contributed by atoms with Crippen LogP contribution in [-0.4, -0.2) is 12.1 Å². The first-order valence-electron chi connectivity index (χ1n) is 5.53. The van der Waals surface area contributed by atoms with Crippen LogP contribution in [0.5, 0.6) is 5.88 Å². The number of methoxy groups -OCH3 is 1. The zero-order valence-electron chi connectivity index (χ0n) is 10.1. The van der Waals surface area contributed by atoms with E-state index < -0.39 is 0 Å². The van der Waals surface area contributed by atoms with Crippen LogP contribution in [0.3, 0.4) is 0 Å². The van der Waals surface area contributed by atoms with Gasteiger partial charge in [0.2, 0.25) is 5.88 Å². The van der Waals surface area contributed by atoms with Crippen molar-refractivity contribution in [2.45, 2.75) is 20.0 Å². The van der Waals surface area contributed by atoms with E-state index in [-0.39, 0.29) is 0 Å². The van der Waals surface area contributed by atoms with Crippen molar-refractivity contribution in [3.63, 3.8) is 0 Å². The Kier molecular flexibility index (Phi) is 4.12. The van der Waals surface area contributed by atoms with E-state index in [2.05, 4.69) is 29.4 Å². The Morgan fingerprint density at radius 1 is 1.24 bits per heavy atom. The van der Waals surface area contributed by atoms with Gasteiger partial charge in [-0.05, 0) is 24.6 Å². The summed E-state index contributed by atoms with van der Waals surface area (Å²) in [6, 6.07) is 8.22. The number of pyridine rings is 1. The summed E-state index contributed by atoms with van der Waals surface area (Å²) < 4.78 is 5.02. The van der Waals surface area contributed by atoms with Gasteiger partial charge in [0.05, 0.1) is 7.11 Å². The van der Waals surface area contributed by atoms with Gasteiger partial charge in [-0.1, -0.05) is 6.07 Å². The van der Waals surface area contributed by atoms with Crippen molar-refractivity contribution < 1.29 is 4.74 Å². The lowest BCUT2D eigenvalue weighted by Crippen LogP contribution is -2.11. The van der Waals surface area contributed by atoms with Gasteiger partial charge in [0.15, 0.2) is 0 Å². The number of hydrogen-bond acceptors (Lipinski definition) is 4. The van der Waals surface area contributed by atoms with Gasteiger partial charge in [-0.2, -0.15) is 0 Å². The van der Waals surface area contributed by atoms with Gasteiger partial charge in [0.1, 0.15) is 0 Å². The maximum Gasteiger partial charge on any atom is 0.212 e. The SMILES string of the molecule is COc1ccc(CNCc2ccc(C)s2)cn1. The van der Waals surface area contributed by atoms with Gasteiger partial charge in [-0.15, -0.1) is 11.3 Å². The molecule has 0 aliphatic rings. The molecule has 2 aromatic heterocycles. The fourth-order valence-electron chi connectivity index (χ4n) is 1.55. The maximum atomic E-state index is 5.02. The molecule has 17 heavy (non-hydrogen) atoms. The highest BCUT2D eigenvalue weighted by Crippen LogP contribution is 2.14. The number of rotatable bonds is 5. The monoisotopic (exact) mass is 248 g/mol. The van der Waals surface area contributed by atoms with Crippen LogP contribution in [0.15, 0.2) is 30.5 Å². The minimum Gasteiger partial charge on any atom is -0.481 e. The van der Waals surface area contributed by atoms with Crippen LogP contribution in [-0.2, 0) is 13.1 Å². The van der Waals surface area contributed by atoms with Crippen molar-refractivity contribution >= 4 is 11.3 Å². The lowest BCUT2D eigenvalue weighted by atomic mass is 10.3. The van der Waals surface area contributed by atoms with Gasteiger partial charge in [-0.3, -0.25) is 0 Å². The number of nitrogens with zero attached hydrogens (tertiary/aromatic N) is 1. The molecule has 0 aliphatic carbocycles. The van der Waals surface area contributed by atoms with Crippen LogP contribution in [0.25, 0.3) is 0 Å².